The van der Waals surface area contributed by atoms with Crippen LogP contribution in [0.1, 0.15) is 163 Å². The topological polar surface area (TPSA) is 0 Å². The lowest BCUT2D eigenvalue weighted by Crippen LogP contribution is -2.55. The van der Waals surface area contributed by atoms with E-state index < -0.39 is 0 Å². The van der Waals surface area contributed by atoms with Gasteiger partial charge in [-0.2, -0.15) is 0 Å². The number of allylic oxidation sites excluding steroid dienone is 1. The second-order valence-corrected chi connectivity index (χ2v) is 21.3. The summed E-state index contributed by atoms with van der Waals surface area (Å²) in [5.41, 5.74) is 21.8. The summed E-state index contributed by atoms with van der Waals surface area (Å²) in [5.74, 6) is 0.714. The second-order valence-electron chi connectivity index (χ2n) is 21.3. The van der Waals surface area contributed by atoms with Crippen LogP contribution in [0.15, 0.2) is 97.1 Å². The maximum atomic E-state index is 2.62. The van der Waals surface area contributed by atoms with Crippen molar-refractivity contribution in [2.24, 2.45) is 0 Å². The maximum Gasteiger partial charge on any atom is 0.243 e. The van der Waals surface area contributed by atoms with Crippen LogP contribution in [0.4, 0.5) is 0 Å². The number of benzene rings is 5. The minimum atomic E-state index is 0.0318. The molecule has 2 aliphatic rings. The number of rotatable bonds is 3. The van der Waals surface area contributed by atoms with Crippen molar-refractivity contribution in [3.8, 4) is 0 Å². The Labute approximate surface area is 335 Å². The average Bonchev–Trinajstić information content (AvgIpc) is 3.32. The van der Waals surface area contributed by atoms with E-state index >= 15 is 0 Å². The van der Waals surface area contributed by atoms with Gasteiger partial charge in [-0.3, -0.25) is 0 Å². The average molecular weight is 725 g/mol. The number of hydrogen-bond acceptors (Lipinski definition) is 0. The van der Waals surface area contributed by atoms with E-state index in [0.29, 0.717) is 11.8 Å². The molecule has 0 saturated carbocycles. The molecule has 2 aliphatic heterocycles. The molecule has 0 aromatic heterocycles. The second kappa shape index (κ2) is 13.8. The number of hydrogen-bond donors (Lipinski definition) is 0. The third kappa shape index (κ3) is 7.71. The molecular weight excluding hydrogens is 659 g/mol. The summed E-state index contributed by atoms with van der Waals surface area (Å²) in [6, 6.07) is 39.0. The van der Waals surface area contributed by atoms with Crippen LogP contribution in [0.3, 0.4) is 0 Å². The molecule has 0 aliphatic carbocycles. The lowest BCUT2D eigenvalue weighted by atomic mass is 9.34. The maximum absolute atomic E-state index is 2.62. The third-order valence-corrected chi connectivity index (χ3v) is 12.9. The molecule has 5 aromatic carbocycles. The molecule has 0 fully saturated rings. The van der Waals surface area contributed by atoms with Crippen molar-refractivity contribution in [2.75, 3.05) is 0 Å². The van der Waals surface area contributed by atoms with Gasteiger partial charge in [0.15, 0.2) is 0 Å². The predicted octanol–water partition coefficient (Wildman–Crippen LogP) is 12.2. The highest BCUT2D eigenvalue weighted by molar-refractivity contribution is 6.97. The summed E-state index contributed by atoms with van der Waals surface area (Å²) in [6.45, 7) is 33.0. The summed E-state index contributed by atoms with van der Waals surface area (Å²) >= 11 is 0. The Balaban J connectivity index is 1.51. The fraction of sp³-hybridized carbons (Fsp3) is 0.407. The van der Waals surface area contributed by atoms with Crippen LogP contribution in [0.25, 0.3) is 11.6 Å². The van der Waals surface area contributed by atoms with Gasteiger partial charge in [-0.25, -0.2) is 0 Å². The molecule has 0 spiro atoms. The number of aryl methyl sites for hydroxylation is 1. The lowest BCUT2D eigenvalue weighted by molar-refractivity contribution is 0.568. The van der Waals surface area contributed by atoms with Crippen molar-refractivity contribution in [1.82, 2.24) is 0 Å². The highest BCUT2D eigenvalue weighted by Crippen LogP contribution is 2.40. The zero-order valence-electron chi connectivity index (χ0n) is 36.5. The van der Waals surface area contributed by atoms with Gasteiger partial charge in [-0.1, -0.05) is 221 Å². The lowest BCUT2D eigenvalue weighted by Gasteiger charge is -2.30. The zero-order valence-corrected chi connectivity index (χ0v) is 36.5. The first-order valence-corrected chi connectivity index (χ1v) is 20.9. The Morgan fingerprint density at radius 1 is 0.564 bits per heavy atom. The summed E-state index contributed by atoms with van der Waals surface area (Å²) in [6.07, 6.45) is 4.44. The van der Waals surface area contributed by atoms with E-state index in [0.717, 1.165) is 12.8 Å². The van der Waals surface area contributed by atoms with E-state index in [9.17, 15) is 0 Å². The van der Waals surface area contributed by atoms with Gasteiger partial charge >= 0.3 is 0 Å². The van der Waals surface area contributed by atoms with Crippen LogP contribution >= 0.6 is 0 Å². The Morgan fingerprint density at radius 3 is 1.62 bits per heavy atom. The first-order valence-electron chi connectivity index (χ1n) is 20.9. The molecule has 0 nitrogen and oxygen atoms in total. The minimum absolute atomic E-state index is 0.0318. The Bertz CT molecular complexity index is 2250. The minimum Gasteiger partial charge on any atom is -0.0649 e. The summed E-state index contributed by atoms with van der Waals surface area (Å²) in [4.78, 5) is 0. The molecule has 2 atom stereocenters. The van der Waals surface area contributed by atoms with Crippen molar-refractivity contribution in [1.29, 1.82) is 0 Å². The van der Waals surface area contributed by atoms with E-state index in [4.69, 9.17) is 0 Å². The van der Waals surface area contributed by atoms with Gasteiger partial charge in [0.25, 0.3) is 0 Å². The fourth-order valence-corrected chi connectivity index (χ4v) is 9.33. The quantitative estimate of drug-likeness (QED) is 0.163. The van der Waals surface area contributed by atoms with Crippen molar-refractivity contribution >= 4 is 34.8 Å². The molecule has 1 heteroatoms. The SMILES string of the molecule is Cc1cc2c3c(c1)CC(C(C)c1ccc(C(C)(C)C)cc1)c1ccc(C(C)(C)C)cc1B3c1cc(C(C)(C)C)ccc1/C(=C\c1ccc(C(C)(C)C)cc1)C2. The van der Waals surface area contributed by atoms with Gasteiger partial charge in [-0.15, -0.1) is 0 Å². The molecule has 0 radical (unpaired) electrons. The molecule has 0 saturated heterocycles. The smallest absolute Gasteiger partial charge is 0.0649 e. The van der Waals surface area contributed by atoms with E-state index in [1.807, 2.05) is 0 Å². The summed E-state index contributed by atoms with van der Waals surface area (Å²) in [5, 5.41) is 0. The largest absolute Gasteiger partial charge is 0.243 e. The van der Waals surface area contributed by atoms with Gasteiger partial charge in [0.1, 0.15) is 0 Å². The van der Waals surface area contributed by atoms with Crippen LogP contribution in [0.5, 0.6) is 0 Å². The van der Waals surface area contributed by atoms with Crippen LogP contribution < -0.4 is 16.4 Å². The molecule has 7 rings (SSSR count). The van der Waals surface area contributed by atoms with Crippen molar-refractivity contribution in [3.05, 3.63) is 158 Å². The predicted molar refractivity (Wildman–Crippen MR) is 243 cm³/mol. The molecule has 0 N–H and O–H groups in total. The number of fused-ring (bicyclic) bond motifs is 4. The standard InChI is InChI=1S/C54H65B/c1-34-27-39-30-38(29-36-15-19-41(20-16-36)51(3,4)5)45-25-23-43(53(9,10)11)32-48(45)55-49-33-44(54(12,13)14)24-26-46(49)47(31-40(28-34)50(39)55)35(2)37-17-21-42(22-18-37)52(6,7)8/h15-29,32-33,35,47H,30-31H2,1-14H3/b38-29-. The Hall–Kier alpha value is -4.10. The summed E-state index contributed by atoms with van der Waals surface area (Å²) < 4.78 is 0. The van der Waals surface area contributed by atoms with Gasteiger partial charge in [0.05, 0.1) is 0 Å². The Kier molecular flexibility index (Phi) is 9.84. The molecule has 2 unspecified atom stereocenters. The highest BCUT2D eigenvalue weighted by atomic mass is 14.3. The normalized spacial score (nSPS) is 17.2. The Morgan fingerprint density at radius 2 is 1.05 bits per heavy atom. The van der Waals surface area contributed by atoms with Gasteiger partial charge < -0.3 is 0 Å². The van der Waals surface area contributed by atoms with Crippen molar-refractivity contribution in [2.45, 2.75) is 143 Å². The fourth-order valence-electron chi connectivity index (χ4n) is 9.33. The van der Waals surface area contributed by atoms with Crippen LogP contribution in [0.2, 0.25) is 0 Å². The molecule has 284 valence electrons. The monoisotopic (exact) mass is 725 g/mol. The van der Waals surface area contributed by atoms with Gasteiger partial charge in [0, 0.05) is 0 Å². The highest BCUT2D eigenvalue weighted by Gasteiger charge is 2.40. The van der Waals surface area contributed by atoms with E-state index in [1.165, 1.54) is 77.7 Å². The van der Waals surface area contributed by atoms with Crippen LogP contribution in [-0.2, 0) is 34.5 Å². The van der Waals surface area contributed by atoms with E-state index in [-0.39, 0.29) is 28.4 Å². The molecule has 5 aromatic rings. The molecular formula is C54H65B. The van der Waals surface area contributed by atoms with E-state index in [2.05, 4.69) is 200 Å². The molecule has 0 bridgehead atoms. The van der Waals surface area contributed by atoms with Crippen LogP contribution in [-0.4, -0.2) is 6.71 Å². The third-order valence-electron chi connectivity index (χ3n) is 12.9. The summed E-state index contributed by atoms with van der Waals surface area (Å²) in [7, 11) is 0. The zero-order chi connectivity index (χ0) is 39.8. The van der Waals surface area contributed by atoms with Gasteiger partial charge in [-0.05, 0) is 109 Å². The van der Waals surface area contributed by atoms with Gasteiger partial charge in [0.2, 0.25) is 6.71 Å². The van der Waals surface area contributed by atoms with Crippen LogP contribution in [0, 0.1) is 6.92 Å². The first kappa shape index (κ1) is 39.2. The van der Waals surface area contributed by atoms with E-state index in [1.54, 1.807) is 5.46 Å². The van der Waals surface area contributed by atoms with Crippen molar-refractivity contribution in [3.63, 3.8) is 0 Å². The molecule has 0 amide bonds. The molecule has 55 heavy (non-hydrogen) atoms. The molecule has 2 heterocycles. The van der Waals surface area contributed by atoms with Crippen molar-refractivity contribution < 1.29 is 0 Å². The first-order chi connectivity index (χ1) is 25.6.